The lowest BCUT2D eigenvalue weighted by atomic mass is 10.1. The SMILES string of the molecule is CCc1noc(CCNC(=O)c2cc(C(C)C)nn2C)n1. The highest BCUT2D eigenvalue weighted by molar-refractivity contribution is 5.92. The number of hydrogen-bond donors (Lipinski definition) is 1. The summed E-state index contributed by atoms with van der Waals surface area (Å²) in [5, 5.41) is 11.0. The molecule has 0 atom stereocenters. The van der Waals surface area contributed by atoms with Crippen molar-refractivity contribution in [1.82, 2.24) is 25.2 Å². The molecule has 7 heteroatoms. The van der Waals surface area contributed by atoms with E-state index in [1.165, 1.54) is 0 Å². The molecule has 0 aliphatic heterocycles. The van der Waals surface area contributed by atoms with E-state index in [4.69, 9.17) is 4.52 Å². The number of carbonyl (C=O) groups excluding carboxylic acids is 1. The third kappa shape index (κ3) is 3.68. The van der Waals surface area contributed by atoms with Crippen LogP contribution in [0.2, 0.25) is 0 Å². The molecule has 21 heavy (non-hydrogen) atoms. The lowest BCUT2D eigenvalue weighted by Crippen LogP contribution is -2.27. The summed E-state index contributed by atoms with van der Waals surface area (Å²) >= 11 is 0. The van der Waals surface area contributed by atoms with Crippen LogP contribution in [0.15, 0.2) is 10.6 Å². The van der Waals surface area contributed by atoms with Gasteiger partial charge in [-0.1, -0.05) is 25.9 Å². The molecule has 1 N–H and O–H groups in total. The maximum Gasteiger partial charge on any atom is 0.269 e. The van der Waals surface area contributed by atoms with Crippen LogP contribution in [-0.2, 0) is 19.9 Å². The van der Waals surface area contributed by atoms with Crippen LogP contribution in [0, 0.1) is 0 Å². The number of nitrogens with one attached hydrogen (secondary N) is 1. The zero-order valence-electron chi connectivity index (χ0n) is 12.9. The molecule has 0 radical (unpaired) electrons. The zero-order chi connectivity index (χ0) is 15.4. The smallest absolute Gasteiger partial charge is 0.269 e. The molecule has 0 aliphatic carbocycles. The molecule has 0 saturated heterocycles. The first-order valence-electron chi connectivity index (χ1n) is 7.14. The number of aryl methyl sites for hydroxylation is 2. The Balaban J connectivity index is 1.89. The molecule has 0 saturated carbocycles. The van der Waals surface area contributed by atoms with Gasteiger partial charge < -0.3 is 9.84 Å². The highest BCUT2D eigenvalue weighted by atomic mass is 16.5. The maximum absolute atomic E-state index is 12.1. The van der Waals surface area contributed by atoms with Crippen LogP contribution < -0.4 is 5.32 Å². The fourth-order valence-electron chi connectivity index (χ4n) is 1.89. The van der Waals surface area contributed by atoms with E-state index in [1.54, 1.807) is 11.7 Å². The van der Waals surface area contributed by atoms with E-state index in [0.29, 0.717) is 36.3 Å². The topological polar surface area (TPSA) is 85.8 Å². The van der Waals surface area contributed by atoms with Crippen molar-refractivity contribution in [1.29, 1.82) is 0 Å². The highest BCUT2D eigenvalue weighted by Crippen LogP contribution is 2.13. The second-order valence-corrected chi connectivity index (χ2v) is 5.20. The van der Waals surface area contributed by atoms with E-state index in [9.17, 15) is 4.79 Å². The van der Waals surface area contributed by atoms with Crippen molar-refractivity contribution in [3.05, 3.63) is 29.2 Å². The van der Waals surface area contributed by atoms with Crippen molar-refractivity contribution in [3.8, 4) is 0 Å². The number of rotatable bonds is 6. The summed E-state index contributed by atoms with van der Waals surface area (Å²) in [5.41, 5.74) is 1.46. The molecular weight excluding hydrogens is 270 g/mol. The van der Waals surface area contributed by atoms with Crippen LogP contribution in [0.3, 0.4) is 0 Å². The summed E-state index contributed by atoms with van der Waals surface area (Å²) in [4.78, 5) is 16.3. The summed E-state index contributed by atoms with van der Waals surface area (Å²) < 4.78 is 6.68. The van der Waals surface area contributed by atoms with Crippen LogP contribution in [0.25, 0.3) is 0 Å². The van der Waals surface area contributed by atoms with E-state index in [-0.39, 0.29) is 5.91 Å². The van der Waals surface area contributed by atoms with Crippen molar-refractivity contribution < 1.29 is 9.32 Å². The van der Waals surface area contributed by atoms with Gasteiger partial charge in [0.25, 0.3) is 5.91 Å². The molecule has 2 aromatic heterocycles. The third-order valence-corrected chi connectivity index (χ3v) is 3.17. The van der Waals surface area contributed by atoms with Gasteiger partial charge >= 0.3 is 0 Å². The molecule has 1 amide bonds. The molecule has 0 spiro atoms. The first-order chi connectivity index (χ1) is 10.0. The Morgan fingerprint density at radius 3 is 2.81 bits per heavy atom. The van der Waals surface area contributed by atoms with Gasteiger partial charge in [0.05, 0.1) is 5.69 Å². The van der Waals surface area contributed by atoms with Gasteiger partial charge in [-0.05, 0) is 12.0 Å². The van der Waals surface area contributed by atoms with E-state index in [0.717, 1.165) is 12.1 Å². The van der Waals surface area contributed by atoms with Crippen LogP contribution >= 0.6 is 0 Å². The molecule has 2 heterocycles. The van der Waals surface area contributed by atoms with Gasteiger partial charge in [-0.15, -0.1) is 0 Å². The lowest BCUT2D eigenvalue weighted by Gasteiger charge is -2.03. The largest absolute Gasteiger partial charge is 0.350 e. The minimum absolute atomic E-state index is 0.146. The normalized spacial score (nSPS) is 11.1. The molecule has 2 aromatic rings. The first kappa shape index (κ1) is 15.2. The fraction of sp³-hybridized carbons (Fsp3) is 0.571. The minimum Gasteiger partial charge on any atom is -0.350 e. The number of aromatic nitrogens is 4. The molecule has 7 nitrogen and oxygen atoms in total. The van der Waals surface area contributed by atoms with Crippen molar-refractivity contribution in [3.63, 3.8) is 0 Å². The van der Waals surface area contributed by atoms with Gasteiger partial charge in [0.1, 0.15) is 5.69 Å². The monoisotopic (exact) mass is 291 g/mol. The van der Waals surface area contributed by atoms with Crippen molar-refractivity contribution in [2.45, 2.75) is 39.5 Å². The van der Waals surface area contributed by atoms with Gasteiger partial charge in [0, 0.05) is 26.4 Å². The quantitative estimate of drug-likeness (QED) is 0.870. The van der Waals surface area contributed by atoms with Crippen molar-refractivity contribution >= 4 is 5.91 Å². The lowest BCUT2D eigenvalue weighted by molar-refractivity contribution is 0.0944. The number of amides is 1. The summed E-state index contributed by atoms with van der Waals surface area (Å²) in [6.07, 6.45) is 1.26. The van der Waals surface area contributed by atoms with Crippen LogP contribution in [-0.4, -0.2) is 32.4 Å². The zero-order valence-corrected chi connectivity index (χ0v) is 12.9. The summed E-state index contributed by atoms with van der Waals surface area (Å²) in [6.45, 7) is 6.51. The summed E-state index contributed by atoms with van der Waals surface area (Å²) in [7, 11) is 1.77. The van der Waals surface area contributed by atoms with E-state index in [1.807, 2.05) is 26.8 Å². The number of carbonyl (C=O) groups is 1. The Bertz CT molecular complexity index is 615. The third-order valence-electron chi connectivity index (χ3n) is 3.17. The molecular formula is C14H21N5O2. The standard InChI is InChI=1S/C14H21N5O2/c1-5-12-16-13(21-18-12)6-7-15-14(20)11-8-10(9(2)3)17-19(11)4/h8-9H,5-7H2,1-4H3,(H,15,20). The maximum atomic E-state index is 12.1. The van der Waals surface area contributed by atoms with Gasteiger partial charge in [0.2, 0.25) is 5.89 Å². The van der Waals surface area contributed by atoms with Gasteiger partial charge in [0.15, 0.2) is 5.82 Å². The Morgan fingerprint density at radius 2 is 2.24 bits per heavy atom. The van der Waals surface area contributed by atoms with Crippen LogP contribution in [0.1, 0.15) is 54.6 Å². The molecule has 114 valence electrons. The predicted molar refractivity (Wildman–Crippen MR) is 77.0 cm³/mol. The molecule has 0 aliphatic rings. The second kappa shape index (κ2) is 6.51. The Morgan fingerprint density at radius 1 is 1.48 bits per heavy atom. The molecule has 0 fully saturated rings. The second-order valence-electron chi connectivity index (χ2n) is 5.20. The number of hydrogen-bond acceptors (Lipinski definition) is 5. The average molecular weight is 291 g/mol. The Kier molecular flexibility index (Phi) is 4.72. The van der Waals surface area contributed by atoms with Crippen LogP contribution in [0.4, 0.5) is 0 Å². The Labute approximate surface area is 123 Å². The van der Waals surface area contributed by atoms with E-state index in [2.05, 4.69) is 20.6 Å². The highest BCUT2D eigenvalue weighted by Gasteiger charge is 2.15. The van der Waals surface area contributed by atoms with Gasteiger partial charge in [-0.2, -0.15) is 10.1 Å². The van der Waals surface area contributed by atoms with E-state index >= 15 is 0 Å². The van der Waals surface area contributed by atoms with Gasteiger partial charge in [-0.3, -0.25) is 9.48 Å². The van der Waals surface area contributed by atoms with Crippen molar-refractivity contribution in [2.24, 2.45) is 7.05 Å². The van der Waals surface area contributed by atoms with Gasteiger partial charge in [-0.25, -0.2) is 0 Å². The first-order valence-corrected chi connectivity index (χ1v) is 7.14. The summed E-state index contributed by atoms with van der Waals surface area (Å²) in [6, 6.07) is 1.82. The number of nitrogens with zero attached hydrogens (tertiary/aromatic N) is 4. The van der Waals surface area contributed by atoms with E-state index < -0.39 is 0 Å². The molecule has 2 rings (SSSR count). The summed E-state index contributed by atoms with van der Waals surface area (Å²) in [5.74, 6) is 1.38. The molecule has 0 aromatic carbocycles. The minimum atomic E-state index is -0.146. The average Bonchev–Trinajstić information content (AvgIpc) is 3.05. The predicted octanol–water partition coefficient (Wildman–Crippen LogP) is 1.46. The molecule has 0 bridgehead atoms. The molecule has 0 unspecified atom stereocenters. The van der Waals surface area contributed by atoms with Crippen LogP contribution in [0.5, 0.6) is 0 Å². The van der Waals surface area contributed by atoms with Crippen molar-refractivity contribution in [2.75, 3.05) is 6.54 Å². The fourth-order valence-corrected chi connectivity index (χ4v) is 1.89. The Hall–Kier alpha value is -2.18.